The summed E-state index contributed by atoms with van der Waals surface area (Å²) >= 11 is 0. The minimum absolute atomic E-state index is 0.0379. The van der Waals surface area contributed by atoms with Crippen LogP contribution in [-0.4, -0.2) is 29.2 Å². The van der Waals surface area contributed by atoms with Gasteiger partial charge in [0.15, 0.2) is 0 Å². The van der Waals surface area contributed by atoms with E-state index in [0.717, 1.165) is 30.5 Å². The summed E-state index contributed by atoms with van der Waals surface area (Å²) in [5.74, 6) is -1.86. The van der Waals surface area contributed by atoms with Gasteiger partial charge in [-0.15, -0.1) is 0 Å². The highest BCUT2D eigenvalue weighted by atomic mass is 16.4. The second kappa shape index (κ2) is 8.79. The molecular formula is C20H26NO4. The molecule has 0 saturated heterocycles. The molecule has 2 rings (SSSR count). The molecule has 25 heavy (non-hydrogen) atoms. The van der Waals surface area contributed by atoms with Crippen molar-refractivity contribution in [3.8, 4) is 0 Å². The topological polar surface area (TPSA) is 83.5 Å². The number of anilines is 1. The number of carboxylic acid groups (broad SMARTS) is 1. The lowest BCUT2D eigenvalue weighted by molar-refractivity contribution is -0.143. The van der Waals surface area contributed by atoms with Crippen LogP contribution in [0.4, 0.5) is 5.69 Å². The summed E-state index contributed by atoms with van der Waals surface area (Å²) in [6, 6.07) is 7.53. The van der Waals surface area contributed by atoms with Crippen LogP contribution in [-0.2, 0) is 20.8 Å². The second-order valence-electron chi connectivity index (χ2n) is 6.92. The Morgan fingerprint density at radius 2 is 1.72 bits per heavy atom. The van der Waals surface area contributed by atoms with Crippen molar-refractivity contribution in [2.75, 3.05) is 11.9 Å². The molecule has 0 bridgehead atoms. The molecule has 0 aliphatic heterocycles. The highest BCUT2D eigenvalue weighted by Gasteiger charge is 2.37. The maximum atomic E-state index is 12.4. The SMILES string of the molecule is [CH2]Cc1ccccc1NCC(=O)C(=O)CC1(CC(=O)O)CCCCC1. The molecule has 1 radical (unpaired) electrons. The zero-order chi connectivity index (χ0) is 18.3. The summed E-state index contributed by atoms with van der Waals surface area (Å²) in [6.07, 6.45) is 4.90. The van der Waals surface area contributed by atoms with E-state index < -0.39 is 23.0 Å². The molecule has 0 atom stereocenters. The average molecular weight is 344 g/mol. The van der Waals surface area contributed by atoms with Crippen LogP contribution in [0.15, 0.2) is 24.3 Å². The molecule has 1 fully saturated rings. The summed E-state index contributed by atoms with van der Waals surface area (Å²) in [6.45, 7) is 3.77. The zero-order valence-corrected chi connectivity index (χ0v) is 14.6. The van der Waals surface area contributed by atoms with Gasteiger partial charge in [-0.1, -0.05) is 37.5 Å². The van der Waals surface area contributed by atoms with E-state index in [1.54, 1.807) is 0 Å². The van der Waals surface area contributed by atoms with E-state index in [4.69, 9.17) is 0 Å². The first-order chi connectivity index (χ1) is 12.0. The van der Waals surface area contributed by atoms with Gasteiger partial charge in [-0.05, 0) is 43.2 Å². The molecule has 5 nitrogen and oxygen atoms in total. The highest BCUT2D eigenvalue weighted by Crippen LogP contribution is 2.42. The molecule has 1 saturated carbocycles. The third kappa shape index (κ3) is 5.41. The lowest BCUT2D eigenvalue weighted by Crippen LogP contribution is -2.34. The Labute approximate surface area is 148 Å². The Balaban J connectivity index is 1.96. The maximum absolute atomic E-state index is 12.4. The van der Waals surface area contributed by atoms with E-state index in [0.29, 0.717) is 19.3 Å². The number of para-hydroxylation sites is 1. The predicted molar refractivity (Wildman–Crippen MR) is 96.4 cm³/mol. The largest absolute Gasteiger partial charge is 0.481 e. The van der Waals surface area contributed by atoms with Gasteiger partial charge < -0.3 is 10.4 Å². The number of carboxylic acids is 1. The molecule has 1 aromatic carbocycles. The van der Waals surface area contributed by atoms with Gasteiger partial charge in [0, 0.05) is 12.1 Å². The van der Waals surface area contributed by atoms with Crippen LogP contribution in [0.5, 0.6) is 0 Å². The Hall–Kier alpha value is -2.17. The lowest BCUT2D eigenvalue weighted by atomic mass is 9.68. The van der Waals surface area contributed by atoms with Crippen LogP contribution in [0, 0.1) is 12.3 Å². The normalized spacial score (nSPS) is 16.2. The van der Waals surface area contributed by atoms with E-state index >= 15 is 0 Å². The zero-order valence-electron chi connectivity index (χ0n) is 14.6. The first-order valence-electron chi connectivity index (χ1n) is 8.85. The molecule has 135 valence electrons. The highest BCUT2D eigenvalue weighted by molar-refractivity contribution is 6.38. The fourth-order valence-electron chi connectivity index (χ4n) is 3.66. The van der Waals surface area contributed by atoms with Crippen molar-refractivity contribution in [2.45, 2.75) is 51.4 Å². The molecule has 1 aromatic rings. The minimum Gasteiger partial charge on any atom is -0.481 e. The molecule has 5 heteroatoms. The smallest absolute Gasteiger partial charge is 0.303 e. The van der Waals surface area contributed by atoms with Crippen LogP contribution in [0.2, 0.25) is 0 Å². The van der Waals surface area contributed by atoms with Crippen molar-refractivity contribution in [3.63, 3.8) is 0 Å². The molecule has 0 amide bonds. The second-order valence-corrected chi connectivity index (χ2v) is 6.92. The number of rotatable bonds is 9. The van der Waals surface area contributed by atoms with Gasteiger partial charge in [0.05, 0.1) is 13.0 Å². The van der Waals surface area contributed by atoms with E-state index in [2.05, 4.69) is 12.2 Å². The number of nitrogens with one attached hydrogen (secondary N) is 1. The van der Waals surface area contributed by atoms with E-state index in [1.807, 2.05) is 24.3 Å². The number of carbonyl (C=O) groups excluding carboxylic acids is 2. The number of ketones is 2. The number of aliphatic carboxylic acids is 1. The molecule has 0 spiro atoms. The monoisotopic (exact) mass is 344 g/mol. The molecular weight excluding hydrogens is 318 g/mol. The molecule has 1 aliphatic carbocycles. The minimum atomic E-state index is -0.898. The van der Waals surface area contributed by atoms with Gasteiger partial charge in [-0.25, -0.2) is 0 Å². The summed E-state index contributed by atoms with van der Waals surface area (Å²) in [4.78, 5) is 35.8. The molecule has 2 N–H and O–H groups in total. The molecule has 0 heterocycles. The Morgan fingerprint density at radius 1 is 1.04 bits per heavy atom. The third-order valence-electron chi connectivity index (χ3n) is 5.01. The van der Waals surface area contributed by atoms with Crippen molar-refractivity contribution in [3.05, 3.63) is 36.8 Å². The number of carbonyl (C=O) groups is 3. The van der Waals surface area contributed by atoms with Crippen molar-refractivity contribution in [1.82, 2.24) is 0 Å². The van der Waals surface area contributed by atoms with Crippen molar-refractivity contribution in [2.24, 2.45) is 5.41 Å². The van der Waals surface area contributed by atoms with Gasteiger partial charge in [-0.2, -0.15) is 0 Å². The summed E-state index contributed by atoms with van der Waals surface area (Å²) in [7, 11) is 0. The van der Waals surface area contributed by atoms with E-state index in [1.165, 1.54) is 0 Å². The van der Waals surface area contributed by atoms with Gasteiger partial charge in [-0.3, -0.25) is 14.4 Å². The Bertz CT molecular complexity index is 632. The fraction of sp³-hybridized carbons (Fsp3) is 0.500. The number of Topliss-reactive ketones (excluding diaryl/α,β-unsaturated/α-hetero) is 2. The van der Waals surface area contributed by atoms with Crippen LogP contribution in [0.1, 0.15) is 50.5 Å². The Morgan fingerprint density at radius 3 is 2.36 bits per heavy atom. The van der Waals surface area contributed by atoms with Gasteiger partial charge >= 0.3 is 5.97 Å². The summed E-state index contributed by atoms with van der Waals surface area (Å²) < 4.78 is 0. The van der Waals surface area contributed by atoms with Crippen LogP contribution in [0.25, 0.3) is 0 Å². The standard InChI is InChI=1S/C20H26NO4/c1-2-15-8-4-5-9-16(15)21-14-18(23)17(22)12-20(13-19(24)25)10-6-3-7-11-20/h4-5,8-9,21H,1-3,6-7,10-14H2,(H,24,25). The van der Waals surface area contributed by atoms with Crippen LogP contribution in [0.3, 0.4) is 0 Å². The maximum Gasteiger partial charge on any atom is 0.303 e. The lowest BCUT2D eigenvalue weighted by Gasteiger charge is -2.35. The number of hydrogen-bond donors (Lipinski definition) is 2. The Kier molecular flexibility index (Phi) is 6.73. The fourth-order valence-corrected chi connectivity index (χ4v) is 3.66. The van der Waals surface area contributed by atoms with Crippen LogP contribution < -0.4 is 5.32 Å². The summed E-state index contributed by atoms with van der Waals surface area (Å²) in [5, 5.41) is 12.2. The average Bonchev–Trinajstić information content (AvgIpc) is 2.59. The quantitative estimate of drug-likeness (QED) is 0.671. The van der Waals surface area contributed by atoms with Gasteiger partial charge in [0.25, 0.3) is 0 Å². The molecule has 0 aromatic heterocycles. The summed E-state index contributed by atoms with van der Waals surface area (Å²) in [5.41, 5.74) is 1.23. The van der Waals surface area contributed by atoms with Crippen molar-refractivity contribution < 1.29 is 19.5 Å². The van der Waals surface area contributed by atoms with Gasteiger partial charge in [0.1, 0.15) is 0 Å². The van der Waals surface area contributed by atoms with Gasteiger partial charge in [0.2, 0.25) is 11.6 Å². The third-order valence-corrected chi connectivity index (χ3v) is 5.01. The predicted octanol–water partition coefficient (Wildman–Crippen LogP) is 3.43. The first-order valence-corrected chi connectivity index (χ1v) is 8.85. The number of benzene rings is 1. The van der Waals surface area contributed by atoms with Crippen molar-refractivity contribution in [1.29, 1.82) is 0 Å². The first kappa shape index (κ1) is 19.2. The van der Waals surface area contributed by atoms with E-state index in [9.17, 15) is 19.5 Å². The van der Waals surface area contributed by atoms with Crippen molar-refractivity contribution >= 4 is 23.2 Å². The molecule has 0 unspecified atom stereocenters. The molecule has 1 aliphatic rings. The van der Waals surface area contributed by atoms with Crippen LogP contribution >= 0.6 is 0 Å². The number of hydrogen-bond acceptors (Lipinski definition) is 4. The van der Waals surface area contributed by atoms with E-state index in [-0.39, 0.29) is 19.4 Å².